The maximum Gasteiger partial charge on any atom is 0.124 e. The summed E-state index contributed by atoms with van der Waals surface area (Å²) in [5, 5.41) is 10.2. The van der Waals surface area contributed by atoms with E-state index in [0.717, 1.165) is 10.0 Å². The number of hydrogen-bond donors (Lipinski definition) is 1. The number of aliphatic hydroxyl groups is 1. The third-order valence-electron chi connectivity index (χ3n) is 2.64. The molecule has 0 saturated carbocycles. The van der Waals surface area contributed by atoms with Gasteiger partial charge in [0.1, 0.15) is 5.82 Å². The molecule has 1 atom stereocenters. The van der Waals surface area contributed by atoms with Crippen molar-refractivity contribution < 1.29 is 9.50 Å². The number of aliphatic hydroxyl groups excluding tert-OH is 1. The number of rotatable bonds is 3. The zero-order valence-electron chi connectivity index (χ0n) is 9.41. The fraction of sp³-hybridized carbons (Fsp3) is 0.143. The van der Waals surface area contributed by atoms with Crippen molar-refractivity contribution in [2.75, 3.05) is 0 Å². The first-order chi connectivity index (χ1) is 8.56. The van der Waals surface area contributed by atoms with Gasteiger partial charge in [-0.25, -0.2) is 4.39 Å². The van der Waals surface area contributed by atoms with Crippen LogP contribution in [0.3, 0.4) is 0 Å². The molecule has 0 aliphatic carbocycles. The van der Waals surface area contributed by atoms with Gasteiger partial charge in [0.2, 0.25) is 0 Å². The van der Waals surface area contributed by atoms with E-state index in [-0.39, 0.29) is 5.82 Å². The summed E-state index contributed by atoms with van der Waals surface area (Å²) < 4.78 is 14.5. The van der Waals surface area contributed by atoms with Crippen LogP contribution < -0.4 is 0 Å². The van der Waals surface area contributed by atoms with Crippen molar-refractivity contribution in [3.05, 3.63) is 68.4 Å². The van der Waals surface area contributed by atoms with Crippen molar-refractivity contribution in [1.29, 1.82) is 0 Å². The van der Waals surface area contributed by atoms with E-state index in [0.29, 0.717) is 16.5 Å². The maximum absolute atomic E-state index is 13.0. The second-order valence-electron chi connectivity index (χ2n) is 4.02. The predicted molar refractivity (Wildman–Crippen MR) is 76.9 cm³/mol. The van der Waals surface area contributed by atoms with E-state index in [4.69, 9.17) is 0 Å². The van der Waals surface area contributed by atoms with Crippen LogP contribution in [0.5, 0.6) is 0 Å². The number of halogens is 3. The lowest BCUT2D eigenvalue weighted by molar-refractivity contribution is 0.177. The van der Waals surface area contributed by atoms with Crippen LogP contribution in [0.4, 0.5) is 4.39 Å². The summed E-state index contributed by atoms with van der Waals surface area (Å²) in [5.74, 6) is -0.319. The fourth-order valence-electron chi connectivity index (χ4n) is 1.77. The Morgan fingerprint density at radius 2 is 1.89 bits per heavy atom. The van der Waals surface area contributed by atoms with Crippen LogP contribution in [0.25, 0.3) is 0 Å². The van der Waals surface area contributed by atoms with Crippen molar-refractivity contribution in [2.45, 2.75) is 12.5 Å². The van der Waals surface area contributed by atoms with Gasteiger partial charge in [-0.1, -0.05) is 50.1 Å². The van der Waals surface area contributed by atoms with Gasteiger partial charge < -0.3 is 5.11 Å². The molecule has 2 rings (SSSR count). The first-order valence-electron chi connectivity index (χ1n) is 5.44. The first-order valence-corrected chi connectivity index (χ1v) is 7.02. The quantitative estimate of drug-likeness (QED) is 0.831. The second kappa shape index (κ2) is 5.95. The summed E-state index contributed by atoms with van der Waals surface area (Å²) in [4.78, 5) is 0. The standard InChI is InChI=1S/C14H11Br2FO/c15-10-3-1-2-9(6-10)7-14(18)12-5-4-11(17)8-13(12)16/h1-6,8,14,18H,7H2. The highest BCUT2D eigenvalue weighted by Gasteiger charge is 2.12. The van der Waals surface area contributed by atoms with Crippen LogP contribution in [0, 0.1) is 5.82 Å². The van der Waals surface area contributed by atoms with Crippen molar-refractivity contribution in [2.24, 2.45) is 0 Å². The summed E-state index contributed by atoms with van der Waals surface area (Å²) in [6, 6.07) is 12.1. The van der Waals surface area contributed by atoms with E-state index in [9.17, 15) is 9.50 Å². The number of benzene rings is 2. The lowest BCUT2D eigenvalue weighted by atomic mass is 10.0. The Morgan fingerprint density at radius 1 is 1.11 bits per heavy atom. The molecular formula is C14H11Br2FO. The van der Waals surface area contributed by atoms with Crippen molar-refractivity contribution in [1.82, 2.24) is 0 Å². The van der Waals surface area contributed by atoms with Crippen LogP contribution in [0.1, 0.15) is 17.2 Å². The Bertz CT molecular complexity index is 557. The Kier molecular flexibility index (Phi) is 4.54. The van der Waals surface area contributed by atoms with Gasteiger partial charge in [0.15, 0.2) is 0 Å². The van der Waals surface area contributed by atoms with Crippen LogP contribution in [-0.4, -0.2) is 5.11 Å². The van der Waals surface area contributed by atoms with E-state index in [2.05, 4.69) is 31.9 Å². The minimum absolute atomic E-state index is 0.319. The van der Waals surface area contributed by atoms with Crippen molar-refractivity contribution >= 4 is 31.9 Å². The third-order valence-corrected chi connectivity index (χ3v) is 3.82. The minimum atomic E-state index is -0.658. The lowest BCUT2D eigenvalue weighted by Crippen LogP contribution is -2.03. The van der Waals surface area contributed by atoms with Gasteiger partial charge in [0.05, 0.1) is 6.10 Å². The molecule has 2 aromatic rings. The fourth-order valence-corrected chi connectivity index (χ4v) is 2.83. The SMILES string of the molecule is OC(Cc1cccc(Br)c1)c1ccc(F)cc1Br. The Labute approximate surface area is 122 Å². The van der Waals surface area contributed by atoms with Gasteiger partial charge in [-0.2, -0.15) is 0 Å². The molecule has 1 nitrogen and oxygen atoms in total. The highest BCUT2D eigenvalue weighted by atomic mass is 79.9. The van der Waals surface area contributed by atoms with Gasteiger partial charge in [-0.05, 0) is 35.4 Å². The molecule has 0 bridgehead atoms. The smallest absolute Gasteiger partial charge is 0.124 e. The molecule has 0 radical (unpaired) electrons. The predicted octanol–water partition coefficient (Wildman–Crippen LogP) is 4.63. The first kappa shape index (κ1) is 13.7. The summed E-state index contributed by atoms with van der Waals surface area (Å²) in [6.07, 6.45) is -0.168. The molecule has 0 aromatic heterocycles. The minimum Gasteiger partial charge on any atom is -0.388 e. The highest BCUT2D eigenvalue weighted by Crippen LogP contribution is 2.27. The summed E-state index contributed by atoms with van der Waals surface area (Å²) in [7, 11) is 0. The average molecular weight is 374 g/mol. The molecule has 0 amide bonds. The normalized spacial score (nSPS) is 12.4. The van der Waals surface area contributed by atoms with Crippen molar-refractivity contribution in [3.63, 3.8) is 0 Å². The van der Waals surface area contributed by atoms with Crippen LogP contribution in [-0.2, 0) is 6.42 Å². The van der Waals surface area contributed by atoms with E-state index < -0.39 is 6.10 Å². The second-order valence-corrected chi connectivity index (χ2v) is 5.79. The Hall–Kier alpha value is -0.710. The summed E-state index contributed by atoms with van der Waals surface area (Å²) in [5.41, 5.74) is 1.71. The monoisotopic (exact) mass is 372 g/mol. The molecule has 1 N–H and O–H groups in total. The van der Waals surface area contributed by atoms with E-state index in [1.54, 1.807) is 6.07 Å². The molecule has 0 aliphatic heterocycles. The largest absolute Gasteiger partial charge is 0.388 e. The molecule has 1 unspecified atom stereocenters. The molecule has 2 aromatic carbocycles. The summed E-state index contributed by atoms with van der Waals surface area (Å²) in [6.45, 7) is 0. The molecule has 0 heterocycles. The van der Waals surface area contributed by atoms with Gasteiger partial charge >= 0.3 is 0 Å². The molecule has 18 heavy (non-hydrogen) atoms. The van der Waals surface area contributed by atoms with Crippen LogP contribution in [0.2, 0.25) is 0 Å². The molecule has 0 fully saturated rings. The van der Waals surface area contributed by atoms with E-state index in [1.807, 2.05) is 24.3 Å². The highest BCUT2D eigenvalue weighted by molar-refractivity contribution is 9.10. The number of hydrogen-bond acceptors (Lipinski definition) is 1. The van der Waals surface area contributed by atoms with E-state index in [1.165, 1.54) is 12.1 Å². The van der Waals surface area contributed by atoms with Crippen molar-refractivity contribution in [3.8, 4) is 0 Å². The molecule has 0 aliphatic rings. The maximum atomic E-state index is 13.0. The van der Waals surface area contributed by atoms with Gasteiger partial charge in [-0.3, -0.25) is 0 Å². The molecule has 0 spiro atoms. The van der Waals surface area contributed by atoms with E-state index >= 15 is 0 Å². The molecule has 4 heteroatoms. The third kappa shape index (κ3) is 3.40. The lowest BCUT2D eigenvalue weighted by Gasteiger charge is -2.13. The molecule has 0 saturated heterocycles. The molecular weight excluding hydrogens is 363 g/mol. The Balaban J connectivity index is 2.19. The zero-order valence-corrected chi connectivity index (χ0v) is 12.6. The van der Waals surface area contributed by atoms with Gasteiger partial charge in [0, 0.05) is 15.4 Å². The zero-order chi connectivity index (χ0) is 13.1. The van der Waals surface area contributed by atoms with Crippen LogP contribution in [0.15, 0.2) is 51.4 Å². The topological polar surface area (TPSA) is 20.2 Å². The van der Waals surface area contributed by atoms with Gasteiger partial charge in [-0.15, -0.1) is 0 Å². The summed E-state index contributed by atoms with van der Waals surface area (Å²) >= 11 is 6.66. The van der Waals surface area contributed by atoms with Crippen LogP contribution >= 0.6 is 31.9 Å². The Morgan fingerprint density at radius 3 is 2.56 bits per heavy atom. The average Bonchev–Trinajstić information content (AvgIpc) is 2.28. The van der Waals surface area contributed by atoms with Gasteiger partial charge in [0.25, 0.3) is 0 Å². The molecule has 94 valence electrons.